The number of Topliss-reactive ketones (excluding diaryl/α,β-unsaturated/α-hetero) is 1. The number of ether oxygens (including phenoxy) is 1. The van der Waals surface area contributed by atoms with Gasteiger partial charge in [0.2, 0.25) is 17.6 Å². The molecule has 0 fully saturated rings. The minimum atomic E-state index is -0.969. The van der Waals surface area contributed by atoms with E-state index in [-0.39, 0.29) is 30.5 Å². The molecule has 1 aromatic carbocycles. The van der Waals surface area contributed by atoms with Crippen LogP contribution in [0.25, 0.3) is 11.4 Å². The first kappa shape index (κ1) is 23.1. The first-order valence-corrected chi connectivity index (χ1v) is 10.7. The normalized spacial score (nSPS) is 16.0. The quantitative estimate of drug-likeness (QED) is 0.515. The number of pyridine rings is 1. The number of aromatic nitrogens is 3. The van der Waals surface area contributed by atoms with Gasteiger partial charge in [0.15, 0.2) is 11.5 Å². The zero-order valence-corrected chi connectivity index (χ0v) is 18.9. The molecule has 1 unspecified atom stereocenters. The molecule has 0 radical (unpaired) electrons. The number of rotatable bonds is 8. The molecule has 2 aromatic heterocycles. The molecule has 176 valence electrons. The summed E-state index contributed by atoms with van der Waals surface area (Å²) in [5, 5.41) is 23.9. The molecule has 3 aromatic rings. The van der Waals surface area contributed by atoms with Gasteiger partial charge in [-0.3, -0.25) is 14.5 Å². The Balaban J connectivity index is 1.82. The molecule has 2 N–H and O–H groups in total. The number of aliphatic hydroxyl groups is 2. The van der Waals surface area contributed by atoms with Crippen molar-refractivity contribution in [3.8, 4) is 17.3 Å². The average molecular weight is 464 g/mol. The number of hydrogen-bond acceptors (Lipinski definition) is 9. The van der Waals surface area contributed by atoms with Crippen LogP contribution in [0.5, 0.6) is 5.88 Å². The van der Waals surface area contributed by atoms with E-state index in [9.17, 15) is 19.8 Å². The summed E-state index contributed by atoms with van der Waals surface area (Å²) in [6.07, 6.45) is 1.51. The van der Waals surface area contributed by atoms with E-state index in [1.54, 1.807) is 57.2 Å². The van der Waals surface area contributed by atoms with Crippen molar-refractivity contribution in [2.45, 2.75) is 26.8 Å². The zero-order chi connectivity index (χ0) is 24.4. The van der Waals surface area contributed by atoms with Crippen molar-refractivity contribution in [1.82, 2.24) is 15.1 Å². The monoisotopic (exact) mass is 464 g/mol. The molecular weight excluding hydrogens is 440 g/mol. The highest BCUT2D eigenvalue weighted by Gasteiger charge is 2.46. The van der Waals surface area contributed by atoms with E-state index in [4.69, 9.17) is 9.26 Å². The summed E-state index contributed by atoms with van der Waals surface area (Å²) >= 11 is 0. The van der Waals surface area contributed by atoms with E-state index in [0.29, 0.717) is 28.5 Å². The highest BCUT2D eigenvalue weighted by Crippen LogP contribution is 2.44. The number of nitrogens with zero attached hydrogens (tertiary/aromatic N) is 4. The standard InChI is InChI=1S/C24H24N4O6/c1-13(2)20(30)18-19(17-5-4-10-25-23(17)33-12-11-29)28(24(32)21(18)31)16-8-6-15(7-9-16)22-26-14(3)34-27-22/h4-10,13,19,29,31H,11-12H2,1-3H3. The summed E-state index contributed by atoms with van der Waals surface area (Å²) in [5.74, 6) is -1.18. The SMILES string of the molecule is Cc1nc(-c2ccc(N3C(=O)C(O)=C(C(=O)C(C)C)C3c3cccnc3OCCO)cc2)no1. The lowest BCUT2D eigenvalue weighted by Gasteiger charge is -2.28. The number of ketones is 1. The van der Waals surface area contributed by atoms with Crippen LogP contribution in [0.1, 0.15) is 31.3 Å². The summed E-state index contributed by atoms with van der Waals surface area (Å²) in [6, 6.07) is 9.14. The average Bonchev–Trinajstić information content (AvgIpc) is 3.38. The topological polar surface area (TPSA) is 139 Å². The van der Waals surface area contributed by atoms with Gasteiger partial charge in [0.1, 0.15) is 12.6 Å². The van der Waals surface area contributed by atoms with Crippen LogP contribution in [-0.2, 0) is 9.59 Å². The van der Waals surface area contributed by atoms with Crippen molar-refractivity contribution in [2.75, 3.05) is 18.1 Å². The van der Waals surface area contributed by atoms with Crippen molar-refractivity contribution in [3.63, 3.8) is 0 Å². The minimum absolute atomic E-state index is 0.0212. The summed E-state index contributed by atoms with van der Waals surface area (Å²) < 4.78 is 10.6. The van der Waals surface area contributed by atoms with Crippen molar-refractivity contribution < 1.29 is 29.1 Å². The van der Waals surface area contributed by atoms with Gasteiger partial charge in [-0.2, -0.15) is 4.98 Å². The Morgan fingerprint density at radius 3 is 2.59 bits per heavy atom. The fraction of sp³-hybridized carbons (Fsp3) is 0.292. The Bertz CT molecular complexity index is 1250. The number of hydrogen-bond donors (Lipinski definition) is 2. The van der Waals surface area contributed by atoms with Gasteiger partial charge in [0, 0.05) is 35.9 Å². The molecule has 10 heteroatoms. The van der Waals surface area contributed by atoms with Gasteiger partial charge in [-0.05, 0) is 36.4 Å². The van der Waals surface area contributed by atoms with Crippen LogP contribution in [0, 0.1) is 12.8 Å². The van der Waals surface area contributed by atoms with Crippen LogP contribution >= 0.6 is 0 Å². The molecule has 34 heavy (non-hydrogen) atoms. The predicted molar refractivity (Wildman–Crippen MR) is 121 cm³/mol. The number of carbonyl (C=O) groups excluding carboxylic acids is 2. The van der Waals surface area contributed by atoms with Gasteiger partial charge in [0.05, 0.1) is 12.2 Å². The predicted octanol–water partition coefficient (Wildman–Crippen LogP) is 2.94. The molecule has 0 aliphatic carbocycles. The van der Waals surface area contributed by atoms with Crippen LogP contribution in [0.4, 0.5) is 5.69 Å². The van der Waals surface area contributed by atoms with E-state index in [1.165, 1.54) is 11.1 Å². The van der Waals surface area contributed by atoms with Crippen LogP contribution < -0.4 is 9.64 Å². The molecule has 0 bridgehead atoms. The second-order valence-corrected chi connectivity index (χ2v) is 8.01. The first-order chi connectivity index (χ1) is 16.3. The summed E-state index contributed by atoms with van der Waals surface area (Å²) in [6.45, 7) is 4.82. The zero-order valence-electron chi connectivity index (χ0n) is 18.9. The molecule has 1 aliphatic rings. The van der Waals surface area contributed by atoms with E-state index < -0.39 is 23.6 Å². The highest BCUT2D eigenvalue weighted by molar-refractivity contribution is 6.17. The van der Waals surface area contributed by atoms with Gasteiger partial charge in [-0.25, -0.2) is 4.98 Å². The number of benzene rings is 1. The summed E-state index contributed by atoms with van der Waals surface area (Å²) in [4.78, 5) is 36.1. The maximum atomic E-state index is 13.2. The minimum Gasteiger partial charge on any atom is -0.503 e. The number of amides is 1. The number of aryl methyl sites for hydroxylation is 1. The van der Waals surface area contributed by atoms with Crippen LogP contribution in [0.2, 0.25) is 0 Å². The van der Waals surface area contributed by atoms with Crippen LogP contribution in [0.3, 0.4) is 0 Å². The van der Waals surface area contributed by atoms with Gasteiger partial charge < -0.3 is 19.5 Å². The highest BCUT2D eigenvalue weighted by atomic mass is 16.5. The second kappa shape index (κ2) is 9.44. The first-order valence-electron chi connectivity index (χ1n) is 10.7. The maximum absolute atomic E-state index is 13.2. The van der Waals surface area contributed by atoms with E-state index in [0.717, 1.165) is 0 Å². The van der Waals surface area contributed by atoms with Crippen LogP contribution in [-0.4, -0.2) is 50.2 Å². The molecule has 1 aliphatic heterocycles. The number of anilines is 1. The van der Waals surface area contributed by atoms with Gasteiger partial charge >= 0.3 is 0 Å². The van der Waals surface area contributed by atoms with Crippen molar-refractivity contribution in [3.05, 3.63) is 65.4 Å². The fourth-order valence-corrected chi connectivity index (χ4v) is 3.79. The Kier molecular flexibility index (Phi) is 6.42. The third-order valence-corrected chi connectivity index (χ3v) is 5.35. The van der Waals surface area contributed by atoms with Gasteiger partial charge in [-0.15, -0.1) is 0 Å². The Labute approximate surface area is 195 Å². The van der Waals surface area contributed by atoms with Crippen molar-refractivity contribution in [1.29, 1.82) is 0 Å². The third-order valence-electron chi connectivity index (χ3n) is 5.35. The summed E-state index contributed by atoms with van der Waals surface area (Å²) in [7, 11) is 0. The lowest BCUT2D eigenvalue weighted by molar-refractivity contribution is -0.119. The molecular formula is C24H24N4O6. The molecule has 0 saturated heterocycles. The van der Waals surface area contributed by atoms with E-state index in [2.05, 4.69) is 15.1 Å². The third kappa shape index (κ3) is 4.15. The van der Waals surface area contributed by atoms with E-state index in [1.807, 2.05) is 0 Å². The Morgan fingerprint density at radius 1 is 1.24 bits per heavy atom. The summed E-state index contributed by atoms with van der Waals surface area (Å²) in [5.41, 5.74) is 1.50. The number of aliphatic hydroxyl groups excluding tert-OH is 2. The molecule has 0 spiro atoms. The van der Waals surface area contributed by atoms with Gasteiger partial charge in [-0.1, -0.05) is 19.0 Å². The van der Waals surface area contributed by atoms with Crippen LogP contribution in [0.15, 0.2) is 58.5 Å². The van der Waals surface area contributed by atoms with Gasteiger partial charge in [0.25, 0.3) is 5.91 Å². The second-order valence-electron chi connectivity index (χ2n) is 8.01. The van der Waals surface area contributed by atoms with Crippen molar-refractivity contribution in [2.24, 2.45) is 5.92 Å². The Hall–Kier alpha value is -4.05. The molecule has 0 saturated carbocycles. The van der Waals surface area contributed by atoms with Crippen molar-refractivity contribution >= 4 is 17.4 Å². The lowest BCUT2D eigenvalue weighted by Crippen LogP contribution is -2.32. The Morgan fingerprint density at radius 2 is 1.97 bits per heavy atom. The fourth-order valence-electron chi connectivity index (χ4n) is 3.79. The molecule has 1 atom stereocenters. The maximum Gasteiger partial charge on any atom is 0.294 e. The number of carbonyl (C=O) groups is 2. The van der Waals surface area contributed by atoms with E-state index >= 15 is 0 Å². The smallest absolute Gasteiger partial charge is 0.294 e. The lowest BCUT2D eigenvalue weighted by atomic mass is 9.91. The molecule has 1 amide bonds. The molecule has 4 rings (SSSR count). The molecule has 10 nitrogen and oxygen atoms in total. The molecule has 3 heterocycles. The largest absolute Gasteiger partial charge is 0.503 e.